The minimum absolute atomic E-state index is 0.107. The molecule has 20 heavy (non-hydrogen) atoms. The Kier molecular flexibility index (Phi) is 5.10. The van der Waals surface area contributed by atoms with E-state index in [9.17, 15) is 4.79 Å². The van der Waals surface area contributed by atoms with E-state index in [0.29, 0.717) is 6.54 Å². The van der Waals surface area contributed by atoms with Gasteiger partial charge in [0.1, 0.15) is 11.6 Å². The van der Waals surface area contributed by atoms with E-state index in [2.05, 4.69) is 21.2 Å². The van der Waals surface area contributed by atoms with Crippen LogP contribution >= 0.6 is 27.3 Å². The maximum atomic E-state index is 11.9. The zero-order valence-corrected chi connectivity index (χ0v) is 12.9. The number of nitrogens with one attached hydrogen (secondary N) is 1. The van der Waals surface area contributed by atoms with Gasteiger partial charge in [-0.3, -0.25) is 4.79 Å². The van der Waals surface area contributed by atoms with Gasteiger partial charge in [-0.25, -0.2) is 0 Å². The molecule has 0 spiro atoms. The molecular weight excluding hydrogens is 336 g/mol. The standard InChI is InChI=1S/C15H11BrN2OS/c16-13-7-14(20-10-13)6-12(8-17)15(19)18-9-11-4-2-1-3-5-11/h1-7,10H,9H2,(H,18,19)/b12-6+. The molecule has 2 rings (SSSR count). The molecule has 0 aliphatic heterocycles. The number of hydrogen-bond donors (Lipinski definition) is 1. The Morgan fingerprint density at radius 3 is 2.75 bits per heavy atom. The van der Waals surface area contributed by atoms with Crippen molar-refractivity contribution in [3.63, 3.8) is 0 Å². The van der Waals surface area contributed by atoms with Crippen LogP contribution in [0.25, 0.3) is 6.08 Å². The highest BCUT2D eigenvalue weighted by Gasteiger charge is 2.09. The van der Waals surface area contributed by atoms with Gasteiger partial charge in [0.05, 0.1) is 0 Å². The molecule has 0 aliphatic rings. The predicted octanol–water partition coefficient (Wildman–Crippen LogP) is 3.73. The molecule has 0 unspecified atom stereocenters. The van der Waals surface area contributed by atoms with Crippen LogP contribution in [0.15, 0.2) is 51.8 Å². The second kappa shape index (κ2) is 7.04. The van der Waals surface area contributed by atoms with Crippen molar-refractivity contribution in [2.75, 3.05) is 0 Å². The molecular formula is C15H11BrN2OS. The summed E-state index contributed by atoms with van der Waals surface area (Å²) in [5, 5.41) is 13.7. The van der Waals surface area contributed by atoms with Gasteiger partial charge in [0.25, 0.3) is 5.91 Å². The molecule has 0 saturated carbocycles. The van der Waals surface area contributed by atoms with E-state index in [1.165, 1.54) is 11.3 Å². The number of nitriles is 1. The third-order valence-electron chi connectivity index (χ3n) is 2.54. The Morgan fingerprint density at radius 2 is 2.15 bits per heavy atom. The highest BCUT2D eigenvalue weighted by Crippen LogP contribution is 2.22. The summed E-state index contributed by atoms with van der Waals surface area (Å²) in [6.07, 6.45) is 1.59. The van der Waals surface area contributed by atoms with E-state index in [4.69, 9.17) is 5.26 Å². The molecule has 0 atom stereocenters. The molecule has 1 heterocycles. The molecule has 2 aromatic rings. The van der Waals surface area contributed by atoms with Crippen molar-refractivity contribution in [1.29, 1.82) is 5.26 Å². The molecule has 1 amide bonds. The first-order valence-corrected chi connectivity index (χ1v) is 7.54. The second-order valence-corrected chi connectivity index (χ2v) is 5.86. The van der Waals surface area contributed by atoms with Crippen molar-refractivity contribution >= 4 is 39.2 Å². The summed E-state index contributed by atoms with van der Waals surface area (Å²) >= 11 is 4.81. The van der Waals surface area contributed by atoms with Gasteiger partial charge in [-0.1, -0.05) is 30.3 Å². The Hall–Kier alpha value is -1.90. The summed E-state index contributed by atoms with van der Waals surface area (Å²) in [5.41, 5.74) is 1.10. The molecule has 3 nitrogen and oxygen atoms in total. The lowest BCUT2D eigenvalue weighted by Crippen LogP contribution is -2.23. The average molecular weight is 347 g/mol. The van der Waals surface area contributed by atoms with E-state index >= 15 is 0 Å². The fourth-order valence-corrected chi connectivity index (χ4v) is 2.94. The van der Waals surface area contributed by atoms with E-state index in [1.54, 1.807) is 6.08 Å². The lowest BCUT2D eigenvalue weighted by Gasteiger charge is -2.03. The lowest BCUT2D eigenvalue weighted by atomic mass is 10.2. The Morgan fingerprint density at radius 1 is 1.40 bits per heavy atom. The number of halogens is 1. The van der Waals surface area contributed by atoms with Crippen LogP contribution in [-0.4, -0.2) is 5.91 Å². The average Bonchev–Trinajstić information content (AvgIpc) is 2.88. The largest absolute Gasteiger partial charge is 0.347 e. The van der Waals surface area contributed by atoms with Crippen LogP contribution in [0.3, 0.4) is 0 Å². The first kappa shape index (κ1) is 14.5. The molecule has 0 radical (unpaired) electrons. The van der Waals surface area contributed by atoms with Crippen molar-refractivity contribution in [3.8, 4) is 6.07 Å². The van der Waals surface area contributed by atoms with Gasteiger partial charge in [0.15, 0.2) is 0 Å². The highest BCUT2D eigenvalue weighted by molar-refractivity contribution is 9.10. The Labute approximate surface area is 129 Å². The fourth-order valence-electron chi connectivity index (χ4n) is 1.57. The molecule has 1 aromatic carbocycles. The van der Waals surface area contributed by atoms with Crippen molar-refractivity contribution in [3.05, 3.63) is 62.3 Å². The van der Waals surface area contributed by atoms with Crippen LogP contribution in [0.1, 0.15) is 10.4 Å². The third kappa shape index (κ3) is 4.05. The quantitative estimate of drug-likeness (QED) is 0.677. The SMILES string of the molecule is N#C/C(=C\c1cc(Br)cs1)C(=O)NCc1ccccc1. The maximum absolute atomic E-state index is 11.9. The van der Waals surface area contributed by atoms with Gasteiger partial charge in [-0.05, 0) is 33.6 Å². The Bertz CT molecular complexity index is 671. The summed E-state index contributed by atoms with van der Waals surface area (Å²) in [5.74, 6) is -0.360. The minimum atomic E-state index is -0.360. The zero-order valence-electron chi connectivity index (χ0n) is 10.5. The molecule has 1 aromatic heterocycles. The first-order chi connectivity index (χ1) is 9.69. The maximum Gasteiger partial charge on any atom is 0.262 e. The molecule has 1 N–H and O–H groups in total. The topological polar surface area (TPSA) is 52.9 Å². The summed E-state index contributed by atoms with van der Waals surface area (Å²) in [7, 11) is 0. The molecule has 5 heteroatoms. The van der Waals surface area contributed by atoms with Crippen LogP contribution in [-0.2, 0) is 11.3 Å². The number of thiophene rings is 1. The van der Waals surface area contributed by atoms with Crippen molar-refractivity contribution in [2.45, 2.75) is 6.54 Å². The first-order valence-electron chi connectivity index (χ1n) is 5.87. The van der Waals surface area contributed by atoms with E-state index in [1.807, 2.05) is 47.8 Å². The van der Waals surface area contributed by atoms with Gasteiger partial charge in [-0.2, -0.15) is 5.26 Å². The second-order valence-electron chi connectivity index (χ2n) is 4.01. The van der Waals surface area contributed by atoms with Crippen LogP contribution in [0.5, 0.6) is 0 Å². The van der Waals surface area contributed by atoms with Gasteiger partial charge in [0, 0.05) is 21.3 Å². The zero-order chi connectivity index (χ0) is 14.4. The number of rotatable bonds is 4. The molecule has 0 fully saturated rings. The van der Waals surface area contributed by atoms with Gasteiger partial charge in [0.2, 0.25) is 0 Å². The number of carbonyl (C=O) groups is 1. The summed E-state index contributed by atoms with van der Waals surface area (Å²) < 4.78 is 0.940. The highest BCUT2D eigenvalue weighted by atomic mass is 79.9. The predicted molar refractivity (Wildman–Crippen MR) is 83.9 cm³/mol. The van der Waals surface area contributed by atoms with Gasteiger partial charge < -0.3 is 5.32 Å². The summed E-state index contributed by atoms with van der Waals surface area (Å²) in [6, 6.07) is 13.4. The minimum Gasteiger partial charge on any atom is -0.347 e. The third-order valence-corrected chi connectivity index (χ3v) is 4.18. The lowest BCUT2D eigenvalue weighted by molar-refractivity contribution is -0.117. The molecule has 0 saturated heterocycles. The number of carbonyl (C=O) groups excluding carboxylic acids is 1. The smallest absolute Gasteiger partial charge is 0.262 e. The fraction of sp³-hybridized carbons (Fsp3) is 0.0667. The molecule has 0 bridgehead atoms. The van der Waals surface area contributed by atoms with E-state index < -0.39 is 0 Å². The van der Waals surface area contributed by atoms with Crippen LogP contribution in [0, 0.1) is 11.3 Å². The molecule has 0 aliphatic carbocycles. The van der Waals surface area contributed by atoms with E-state index in [-0.39, 0.29) is 11.5 Å². The monoisotopic (exact) mass is 346 g/mol. The van der Waals surface area contributed by atoms with Crippen LogP contribution in [0.2, 0.25) is 0 Å². The summed E-state index contributed by atoms with van der Waals surface area (Å²) in [6.45, 7) is 0.410. The normalized spacial score (nSPS) is 10.9. The van der Waals surface area contributed by atoms with Crippen molar-refractivity contribution in [1.82, 2.24) is 5.32 Å². The van der Waals surface area contributed by atoms with Gasteiger partial charge >= 0.3 is 0 Å². The van der Waals surface area contributed by atoms with Gasteiger partial charge in [-0.15, -0.1) is 11.3 Å². The van der Waals surface area contributed by atoms with E-state index in [0.717, 1.165) is 14.9 Å². The number of amides is 1. The number of nitrogens with zero attached hydrogens (tertiary/aromatic N) is 1. The van der Waals surface area contributed by atoms with Crippen LogP contribution < -0.4 is 5.32 Å². The van der Waals surface area contributed by atoms with Crippen LogP contribution in [0.4, 0.5) is 0 Å². The van der Waals surface area contributed by atoms with Crippen molar-refractivity contribution < 1.29 is 4.79 Å². The Balaban J connectivity index is 2.03. The number of hydrogen-bond acceptors (Lipinski definition) is 3. The number of benzene rings is 1. The van der Waals surface area contributed by atoms with Crippen molar-refractivity contribution in [2.24, 2.45) is 0 Å². The molecule has 100 valence electrons. The summed E-state index contributed by atoms with van der Waals surface area (Å²) in [4.78, 5) is 12.8.